The molecule has 16 atom stereocenters. The summed E-state index contributed by atoms with van der Waals surface area (Å²) in [6.45, 7) is 7.95. The molecule has 4 heteroatoms. The first-order valence-corrected chi connectivity index (χ1v) is 27.2. The van der Waals surface area contributed by atoms with Crippen molar-refractivity contribution >= 4 is 0 Å². The largest absolute Gasteiger partial charge is 0.379 e. The van der Waals surface area contributed by atoms with Gasteiger partial charge in [0, 0.05) is 58.5 Å². The molecule has 16 unspecified atom stereocenters. The molecule has 9 aliphatic carbocycles. The van der Waals surface area contributed by atoms with Gasteiger partial charge in [0.1, 0.15) is 6.17 Å². The maximum absolute atomic E-state index is 4.51. The fraction of sp³-hybridized carbons (Fsp3) is 0.789. The molecule has 0 spiro atoms. The van der Waals surface area contributed by atoms with Crippen molar-refractivity contribution in [2.45, 2.75) is 218 Å². The quantitative estimate of drug-likeness (QED) is 0.270. The number of hydrogen-bond acceptors (Lipinski definition) is 4. The monoisotopic (exact) mass is 825 g/mol. The summed E-state index contributed by atoms with van der Waals surface area (Å²) >= 11 is 0. The molecule has 61 heavy (non-hydrogen) atoms. The van der Waals surface area contributed by atoms with Crippen molar-refractivity contribution in [3.63, 3.8) is 0 Å². The molecule has 0 radical (unpaired) electrons. The van der Waals surface area contributed by atoms with Crippen molar-refractivity contribution in [1.82, 2.24) is 20.4 Å². The normalized spacial score (nSPS) is 47.4. The van der Waals surface area contributed by atoms with E-state index in [4.69, 9.17) is 0 Å². The maximum Gasteiger partial charge on any atom is 0.120 e. The molecule has 3 aliphatic heterocycles. The zero-order valence-electron chi connectivity index (χ0n) is 38.9. The Morgan fingerprint density at radius 1 is 0.656 bits per heavy atom. The third-order valence-corrected chi connectivity index (χ3v) is 21.1. The highest BCUT2D eigenvalue weighted by Crippen LogP contribution is 2.61. The van der Waals surface area contributed by atoms with Crippen molar-refractivity contribution in [3.05, 3.63) is 70.8 Å². The van der Waals surface area contributed by atoms with Gasteiger partial charge in [-0.1, -0.05) is 108 Å². The predicted octanol–water partition coefficient (Wildman–Crippen LogP) is 13.1. The second-order valence-electron chi connectivity index (χ2n) is 24.0. The second-order valence-corrected chi connectivity index (χ2v) is 24.0. The summed E-state index contributed by atoms with van der Waals surface area (Å²) in [5.74, 6) is 8.25. The van der Waals surface area contributed by atoms with E-state index in [2.05, 4.69) is 83.7 Å². The van der Waals surface area contributed by atoms with Gasteiger partial charge in [-0.3, -0.25) is 4.90 Å². The van der Waals surface area contributed by atoms with Crippen LogP contribution in [0.4, 0.5) is 0 Å². The SMILES string of the molecule is CC1CCCC2=C1NC(C1(C)C=CCCC1)C(N1C3=CC4C(CC3C3CCCCC31)C1C3=C(C=CCC3)CCC1N4C1CC(C3CC=CCC3)CC(C3CCCCC3)C1C)N2. The van der Waals surface area contributed by atoms with Crippen LogP contribution in [0.2, 0.25) is 0 Å². The van der Waals surface area contributed by atoms with Crippen LogP contribution in [0.5, 0.6) is 0 Å². The van der Waals surface area contributed by atoms with E-state index < -0.39 is 0 Å². The lowest BCUT2D eigenvalue weighted by Gasteiger charge is -2.54. The number of allylic oxidation sites excluding steroid dienone is 9. The summed E-state index contributed by atoms with van der Waals surface area (Å²) in [5.41, 5.74) is 8.83. The van der Waals surface area contributed by atoms with E-state index in [0.717, 1.165) is 65.3 Å². The van der Waals surface area contributed by atoms with Crippen LogP contribution in [-0.4, -0.2) is 46.2 Å². The van der Waals surface area contributed by atoms with Crippen LogP contribution in [-0.2, 0) is 0 Å². The lowest BCUT2D eigenvalue weighted by Crippen LogP contribution is -2.67. The molecule has 332 valence electrons. The molecule has 0 aromatic carbocycles. The minimum atomic E-state index is 0.159. The van der Waals surface area contributed by atoms with Gasteiger partial charge in [0.15, 0.2) is 0 Å². The highest BCUT2D eigenvalue weighted by Gasteiger charge is 2.61. The van der Waals surface area contributed by atoms with Crippen LogP contribution < -0.4 is 10.6 Å². The molecule has 2 N–H and O–H groups in total. The number of hydrogen-bond donors (Lipinski definition) is 2. The zero-order valence-corrected chi connectivity index (χ0v) is 38.9. The van der Waals surface area contributed by atoms with Gasteiger partial charge < -0.3 is 15.5 Å². The molecule has 0 amide bonds. The van der Waals surface area contributed by atoms with Crippen molar-refractivity contribution in [2.75, 3.05) is 0 Å². The van der Waals surface area contributed by atoms with Crippen LogP contribution in [0, 0.1) is 64.6 Å². The van der Waals surface area contributed by atoms with Gasteiger partial charge in [-0.05, 0) is 175 Å². The van der Waals surface area contributed by atoms with Crippen LogP contribution >= 0.6 is 0 Å². The van der Waals surface area contributed by atoms with Crippen molar-refractivity contribution < 1.29 is 0 Å². The molecular weight excluding hydrogens is 741 g/mol. The number of fused-ring (bicyclic) bond motifs is 7. The lowest BCUT2D eigenvalue weighted by atomic mass is 9.60. The number of rotatable bonds is 5. The van der Waals surface area contributed by atoms with E-state index in [1.54, 1.807) is 17.0 Å². The molecule has 0 bridgehead atoms. The van der Waals surface area contributed by atoms with Crippen molar-refractivity contribution in [3.8, 4) is 0 Å². The maximum atomic E-state index is 4.51. The summed E-state index contributed by atoms with van der Waals surface area (Å²) < 4.78 is 0. The Labute approximate surface area is 372 Å². The van der Waals surface area contributed by atoms with Crippen molar-refractivity contribution in [1.29, 1.82) is 0 Å². The molecule has 4 nitrogen and oxygen atoms in total. The Kier molecular flexibility index (Phi) is 10.8. The van der Waals surface area contributed by atoms with Gasteiger partial charge in [0.2, 0.25) is 0 Å². The van der Waals surface area contributed by atoms with Gasteiger partial charge in [-0.15, -0.1) is 0 Å². The first-order chi connectivity index (χ1) is 29.9. The summed E-state index contributed by atoms with van der Waals surface area (Å²) in [7, 11) is 0. The molecule has 2 saturated heterocycles. The average molecular weight is 825 g/mol. The zero-order chi connectivity index (χ0) is 40.8. The Bertz CT molecular complexity index is 1840. The van der Waals surface area contributed by atoms with Gasteiger partial charge >= 0.3 is 0 Å². The third-order valence-electron chi connectivity index (χ3n) is 21.1. The standard InChI is InChI=1S/C57H84N4/c1-36-18-17-26-47-54(36)59-55(57(3)30-15-6-16-31-57)56(58-47)61-48-27-14-13-25-43(48)45-34-46-52(35-51(45)61)60(49-29-28-40-23-11-12-24-42(40)53(46)49)50-33-41(38-19-7-4-8-20-38)32-44(37(50)2)39-21-9-5-10-22-39/h4,7,11,15,23,30,35-39,41,43-46,48-50,52-53,55-56,58-59H,5-6,8-10,12-14,16-22,24-29,31-34H2,1-3H3. The highest BCUT2D eigenvalue weighted by atomic mass is 15.4. The Hall–Kier alpha value is -2.20. The van der Waals surface area contributed by atoms with Gasteiger partial charge in [0.25, 0.3) is 0 Å². The summed E-state index contributed by atoms with van der Waals surface area (Å²) in [6, 6.07) is 3.14. The van der Waals surface area contributed by atoms with E-state index in [1.807, 2.05) is 11.3 Å². The minimum Gasteiger partial charge on any atom is -0.379 e. The topological polar surface area (TPSA) is 30.5 Å². The van der Waals surface area contributed by atoms with Crippen LogP contribution in [0.3, 0.4) is 0 Å². The van der Waals surface area contributed by atoms with Crippen molar-refractivity contribution in [2.24, 2.45) is 64.6 Å². The Morgan fingerprint density at radius 2 is 1.54 bits per heavy atom. The van der Waals surface area contributed by atoms with Gasteiger partial charge in [-0.25, -0.2) is 0 Å². The summed E-state index contributed by atoms with van der Waals surface area (Å²) in [6.07, 6.45) is 53.7. The van der Waals surface area contributed by atoms with E-state index in [9.17, 15) is 0 Å². The van der Waals surface area contributed by atoms with E-state index >= 15 is 0 Å². The average Bonchev–Trinajstić information content (AvgIpc) is 3.81. The fourth-order valence-electron chi connectivity index (χ4n) is 18.2. The molecule has 3 heterocycles. The lowest BCUT2D eigenvalue weighted by molar-refractivity contribution is -0.0227. The predicted molar refractivity (Wildman–Crippen MR) is 252 cm³/mol. The molecule has 0 aromatic heterocycles. The Balaban J connectivity index is 0.976. The summed E-state index contributed by atoms with van der Waals surface area (Å²) in [4.78, 5) is 6.59. The highest BCUT2D eigenvalue weighted by molar-refractivity contribution is 5.40. The Morgan fingerprint density at radius 3 is 2.39 bits per heavy atom. The van der Waals surface area contributed by atoms with Crippen LogP contribution in [0.1, 0.15) is 181 Å². The first-order valence-electron chi connectivity index (χ1n) is 27.2. The molecule has 0 aromatic rings. The number of likely N-dealkylation sites (tertiary alicyclic amines) is 2. The molecular formula is C57H84N4. The fourth-order valence-corrected chi connectivity index (χ4v) is 18.2. The molecule has 12 rings (SSSR count). The molecule has 3 saturated carbocycles. The summed E-state index contributed by atoms with van der Waals surface area (Å²) in [5, 5.41) is 8.97. The van der Waals surface area contributed by atoms with Gasteiger partial charge in [0.05, 0.1) is 6.04 Å². The second kappa shape index (κ2) is 16.3. The minimum absolute atomic E-state index is 0.159. The molecule has 12 aliphatic rings. The van der Waals surface area contributed by atoms with E-state index in [1.165, 1.54) is 161 Å². The number of nitrogens with zero attached hydrogens (tertiary/aromatic N) is 2. The third kappa shape index (κ3) is 6.79. The van der Waals surface area contributed by atoms with Gasteiger partial charge in [-0.2, -0.15) is 0 Å². The van der Waals surface area contributed by atoms with E-state index in [-0.39, 0.29) is 5.41 Å². The van der Waals surface area contributed by atoms with E-state index in [0.29, 0.717) is 30.2 Å². The smallest absolute Gasteiger partial charge is 0.120 e. The van der Waals surface area contributed by atoms with Crippen LogP contribution in [0.25, 0.3) is 0 Å². The van der Waals surface area contributed by atoms with Crippen LogP contribution in [0.15, 0.2) is 70.8 Å². The first kappa shape index (κ1) is 40.3. The molecule has 5 fully saturated rings. The number of nitrogens with one attached hydrogen (secondary N) is 2.